The standard InChI is InChI=1S/C11H17NO3S.Na.H/c12-9-3-1-2-4-10-5-7-11(8-6-10)16(13,14)15;;/h5-8H,1-4,9,12H2,(H,13,14,15);;/q;+1;-1. The molecule has 3 N–H and O–H groups in total. The Morgan fingerprint density at radius 3 is 2.18 bits per heavy atom. The first-order valence-corrected chi connectivity index (χ1v) is 6.74. The normalized spacial score (nSPS) is 10.9. The molecule has 0 spiro atoms. The Kier molecular flexibility index (Phi) is 8.28. The molecule has 1 aromatic carbocycles. The van der Waals surface area contributed by atoms with Crippen LogP contribution in [-0.2, 0) is 16.5 Å². The summed E-state index contributed by atoms with van der Waals surface area (Å²) in [5.74, 6) is 0. The first kappa shape index (κ1) is 17.1. The van der Waals surface area contributed by atoms with Crippen molar-refractivity contribution in [3.8, 4) is 0 Å². The minimum absolute atomic E-state index is 0. The molecule has 0 amide bonds. The number of hydrogen-bond donors (Lipinski definition) is 2. The number of nitrogens with two attached hydrogens (primary N) is 1. The smallest absolute Gasteiger partial charge is 1.00 e. The molecule has 1 rings (SSSR count). The van der Waals surface area contributed by atoms with Crippen molar-refractivity contribution in [1.82, 2.24) is 0 Å². The van der Waals surface area contributed by atoms with Crippen molar-refractivity contribution in [2.75, 3.05) is 6.54 Å². The molecule has 0 aliphatic carbocycles. The molecule has 0 saturated carbocycles. The third kappa shape index (κ3) is 6.55. The summed E-state index contributed by atoms with van der Waals surface area (Å²) in [5, 5.41) is 0. The molecule has 4 nitrogen and oxygen atoms in total. The van der Waals surface area contributed by atoms with Gasteiger partial charge in [-0.3, -0.25) is 4.55 Å². The minimum atomic E-state index is -4.07. The van der Waals surface area contributed by atoms with Crippen molar-refractivity contribution >= 4 is 10.1 Å². The monoisotopic (exact) mass is 267 g/mol. The number of unbranched alkanes of at least 4 members (excludes halogenated alkanes) is 2. The predicted octanol–water partition coefficient (Wildman–Crippen LogP) is -1.28. The molecule has 6 heteroatoms. The molecule has 0 atom stereocenters. The maximum Gasteiger partial charge on any atom is 1.00 e. The minimum Gasteiger partial charge on any atom is -1.00 e. The molecule has 1 aromatic rings. The van der Waals surface area contributed by atoms with Gasteiger partial charge in [0.2, 0.25) is 0 Å². The molecule has 0 unspecified atom stereocenters. The molecular weight excluding hydrogens is 249 g/mol. The zero-order chi connectivity index (χ0) is 12.0. The Morgan fingerprint density at radius 1 is 1.12 bits per heavy atom. The third-order valence-electron chi connectivity index (χ3n) is 2.39. The van der Waals surface area contributed by atoms with Crippen LogP contribution in [0.3, 0.4) is 0 Å². The molecule has 0 aliphatic heterocycles. The van der Waals surface area contributed by atoms with Gasteiger partial charge in [-0.2, -0.15) is 8.42 Å². The zero-order valence-corrected chi connectivity index (χ0v) is 12.9. The van der Waals surface area contributed by atoms with Gasteiger partial charge < -0.3 is 7.16 Å². The Bertz CT molecular complexity index is 422. The van der Waals surface area contributed by atoms with Gasteiger partial charge in [-0.05, 0) is 43.5 Å². The van der Waals surface area contributed by atoms with Crippen LogP contribution in [0.2, 0.25) is 0 Å². The van der Waals surface area contributed by atoms with Crippen molar-refractivity contribution in [2.24, 2.45) is 5.73 Å². The molecule has 0 aromatic heterocycles. The SMILES string of the molecule is NCCCCCc1ccc(S(=O)(=O)O)cc1.[H-].[Na+]. The van der Waals surface area contributed by atoms with Crippen molar-refractivity contribution in [2.45, 2.75) is 30.6 Å². The van der Waals surface area contributed by atoms with E-state index in [0.717, 1.165) is 31.2 Å². The second kappa shape index (κ2) is 8.24. The summed E-state index contributed by atoms with van der Waals surface area (Å²) in [4.78, 5) is -0.0572. The van der Waals surface area contributed by atoms with Crippen molar-refractivity contribution < 1.29 is 44.0 Å². The van der Waals surface area contributed by atoms with Crippen molar-refractivity contribution in [1.29, 1.82) is 0 Å². The fourth-order valence-electron chi connectivity index (χ4n) is 1.48. The van der Waals surface area contributed by atoms with Crippen LogP contribution in [0, 0.1) is 0 Å². The summed E-state index contributed by atoms with van der Waals surface area (Å²) in [6.45, 7) is 0.710. The van der Waals surface area contributed by atoms with E-state index in [2.05, 4.69) is 0 Å². The average molecular weight is 267 g/mol. The number of aryl methyl sites for hydroxylation is 1. The van der Waals surface area contributed by atoms with E-state index in [9.17, 15) is 8.42 Å². The van der Waals surface area contributed by atoms with Gasteiger partial charge in [0.15, 0.2) is 0 Å². The summed E-state index contributed by atoms with van der Waals surface area (Å²) in [7, 11) is -4.07. The van der Waals surface area contributed by atoms with Gasteiger partial charge in [0.1, 0.15) is 0 Å². The predicted molar refractivity (Wildman–Crippen MR) is 64.0 cm³/mol. The molecule has 0 heterocycles. The van der Waals surface area contributed by atoms with E-state index in [1.54, 1.807) is 12.1 Å². The van der Waals surface area contributed by atoms with Crippen LogP contribution in [0.1, 0.15) is 26.3 Å². The Labute approximate surface area is 126 Å². The fraction of sp³-hybridized carbons (Fsp3) is 0.455. The molecule has 92 valence electrons. The first-order valence-electron chi connectivity index (χ1n) is 5.30. The van der Waals surface area contributed by atoms with E-state index in [4.69, 9.17) is 10.3 Å². The van der Waals surface area contributed by atoms with Gasteiger partial charge in [0.05, 0.1) is 4.90 Å². The van der Waals surface area contributed by atoms with Crippen LogP contribution in [0.25, 0.3) is 0 Å². The van der Waals surface area contributed by atoms with Gasteiger partial charge in [-0.1, -0.05) is 18.6 Å². The van der Waals surface area contributed by atoms with E-state index in [1.165, 1.54) is 12.1 Å². The van der Waals surface area contributed by atoms with Crippen LogP contribution in [0.15, 0.2) is 29.2 Å². The summed E-state index contributed by atoms with van der Waals surface area (Å²) in [6.07, 6.45) is 4.05. The van der Waals surface area contributed by atoms with Gasteiger partial charge in [-0.15, -0.1) is 0 Å². The van der Waals surface area contributed by atoms with E-state index in [-0.39, 0.29) is 35.9 Å². The largest absolute Gasteiger partial charge is 1.00 e. The fourth-order valence-corrected chi connectivity index (χ4v) is 1.96. The van der Waals surface area contributed by atoms with Gasteiger partial charge in [0, 0.05) is 0 Å². The van der Waals surface area contributed by atoms with Crippen molar-refractivity contribution in [3.63, 3.8) is 0 Å². The summed E-state index contributed by atoms with van der Waals surface area (Å²) in [6, 6.07) is 6.30. The van der Waals surface area contributed by atoms with Crippen LogP contribution in [0.5, 0.6) is 0 Å². The van der Waals surface area contributed by atoms with Gasteiger partial charge in [0.25, 0.3) is 10.1 Å². The maximum atomic E-state index is 10.8. The average Bonchev–Trinajstić information content (AvgIpc) is 2.24. The van der Waals surface area contributed by atoms with E-state index in [1.807, 2.05) is 0 Å². The number of benzene rings is 1. The van der Waals surface area contributed by atoms with Crippen LogP contribution in [-0.4, -0.2) is 19.5 Å². The number of rotatable bonds is 6. The second-order valence-electron chi connectivity index (χ2n) is 3.72. The van der Waals surface area contributed by atoms with Gasteiger partial charge in [-0.25, -0.2) is 0 Å². The molecule has 0 radical (unpaired) electrons. The second-order valence-corrected chi connectivity index (χ2v) is 5.14. The topological polar surface area (TPSA) is 80.4 Å². The Morgan fingerprint density at radius 2 is 1.71 bits per heavy atom. The molecule has 17 heavy (non-hydrogen) atoms. The summed E-state index contributed by atoms with van der Waals surface area (Å²) < 4.78 is 30.4. The molecule has 0 bridgehead atoms. The third-order valence-corrected chi connectivity index (χ3v) is 3.26. The molecular formula is C11H18NNaO3S. The summed E-state index contributed by atoms with van der Waals surface area (Å²) >= 11 is 0. The van der Waals surface area contributed by atoms with Crippen LogP contribution < -0.4 is 35.3 Å². The Hall–Kier alpha value is 0.0900. The van der Waals surface area contributed by atoms with Crippen molar-refractivity contribution in [3.05, 3.63) is 29.8 Å². The summed E-state index contributed by atoms with van der Waals surface area (Å²) in [5.41, 5.74) is 6.45. The number of hydrogen-bond acceptors (Lipinski definition) is 3. The molecule has 0 fully saturated rings. The van der Waals surface area contributed by atoms with Gasteiger partial charge >= 0.3 is 29.6 Å². The Balaban J connectivity index is 0. The van der Waals surface area contributed by atoms with E-state index >= 15 is 0 Å². The van der Waals surface area contributed by atoms with E-state index in [0.29, 0.717) is 6.54 Å². The first-order chi connectivity index (χ1) is 7.54. The molecule has 0 saturated heterocycles. The van der Waals surface area contributed by atoms with Crippen LogP contribution in [0.4, 0.5) is 0 Å². The molecule has 0 aliphatic rings. The van der Waals surface area contributed by atoms with E-state index < -0.39 is 10.1 Å². The zero-order valence-electron chi connectivity index (χ0n) is 11.1. The quantitative estimate of drug-likeness (QED) is 0.382. The van der Waals surface area contributed by atoms with Crippen LogP contribution >= 0.6 is 0 Å². The maximum absolute atomic E-state index is 10.8.